The van der Waals surface area contributed by atoms with Crippen LogP contribution in [0, 0.1) is 11.3 Å². The van der Waals surface area contributed by atoms with E-state index >= 15 is 0 Å². The standard InChI is InChI=1S/C29H28Cl2N4S4/c1-3-38-25-9-7-19(8-10-25)22(13-20-15-27(37-2)21(17-32)14-26(20)31)18-33-29-35(11-12-39-29)28(36)34-24-6-4-5-23(30)16-24/h4-10,14-16,22H,3,11-13,18H2,1-2H3,(H,34,36)/b33-29-. The predicted molar refractivity (Wildman–Crippen MR) is 176 cm³/mol. The number of hydrogen-bond acceptors (Lipinski definition) is 6. The summed E-state index contributed by atoms with van der Waals surface area (Å²) >= 11 is 23.6. The Labute approximate surface area is 258 Å². The van der Waals surface area contributed by atoms with Gasteiger partial charge in [0, 0.05) is 50.3 Å². The number of hydrogen-bond donors (Lipinski definition) is 1. The topological polar surface area (TPSA) is 51.4 Å². The average molecular weight is 632 g/mol. The SMILES string of the molecule is CCSc1ccc(C(C/N=C2\SCCN2C(=S)Nc2cccc(Cl)c2)Cc2cc(SC)c(C#N)cc2Cl)cc1. The summed E-state index contributed by atoms with van der Waals surface area (Å²) in [5.74, 6) is 2.06. The van der Waals surface area contributed by atoms with Crippen molar-refractivity contribution in [1.29, 1.82) is 5.26 Å². The molecule has 0 spiro atoms. The second-order valence-electron chi connectivity index (χ2n) is 8.72. The number of rotatable bonds is 9. The van der Waals surface area contributed by atoms with Crippen LogP contribution in [0.4, 0.5) is 5.69 Å². The number of anilines is 1. The van der Waals surface area contributed by atoms with Crippen molar-refractivity contribution in [2.45, 2.75) is 29.1 Å². The number of halogens is 2. The third kappa shape index (κ3) is 8.09. The fourth-order valence-corrected chi connectivity index (χ4v) is 7.22. The van der Waals surface area contributed by atoms with Crippen LogP contribution in [0.1, 0.15) is 29.5 Å². The van der Waals surface area contributed by atoms with Gasteiger partial charge in [0.2, 0.25) is 0 Å². The Morgan fingerprint density at radius 3 is 2.69 bits per heavy atom. The second kappa shape index (κ2) is 14.7. The molecule has 1 saturated heterocycles. The molecule has 0 amide bonds. The molecule has 3 aromatic carbocycles. The van der Waals surface area contributed by atoms with E-state index in [2.05, 4.69) is 47.5 Å². The molecule has 3 aromatic rings. The molecule has 0 aromatic heterocycles. The number of thioether (sulfide) groups is 3. The minimum absolute atomic E-state index is 0.107. The van der Waals surface area contributed by atoms with Gasteiger partial charge >= 0.3 is 0 Å². The smallest absolute Gasteiger partial charge is 0.179 e. The first kappa shape index (κ1) is 30.1. The highest BCUT2D eigenvalue weighted by Gasteiger charge is 2.24. The van der Waals surface area contributed by atoms with Gasteiger partial charge in [-0.1, -0.05) is 60.1 Å². The minimum atomic E-state index is 0.107. The van der Waals surface area contributed by atoms with Crippen LogP contribution in [0.3, 0.4) is 0 Å². The van der Waals surface area contributed by atoms with Crippen molar-refractivity contribution in [3.8, 4) is 6.07 Å². The molecule has 1 unspecified atom stereocenters. The number of nitriles is 1. The van der Waals surface area contributed by atoms with Crippen LogP contribution in [0.2, 0.25) is 10.0 Å². The third-order valence-electron chi connectivity index (χ3n) is 6.16. The van der Waals surface area contributed by atoms with Gasteiger partial charge in [-0.05, 0) is 84.2 Å². The Morgan fingerprint density at radius 1 is 1.21 bits per heavy atom. The van der Waals surface area contributed by atoms with E-state index in [1.54, 1.807) is 29.6 Å². The maximum atomic E-state index is 9.51. The van der Waals surface area contributed by atoms with Gasteiger partial charge in [0.05, 0.1) is 5.56 Å². The van der Waals surface area contributed by atoms with E-state index in [0.29, 0.717) is 33.7 Å². The monoisotopic (exact) mass is 630 g/mol. The number of amidine groups is 1. The van der Waals surface area contributed by atoms with E-state index in [4.69, 9.17) is 40.4 Å². The van der Waals surface area contributed by atoms with Crippen LogP contribution < -0.4 is 5.32 Å². The third-order valence-corrected chi connectivity index (χ3v) is 9.74. The molecule has 1 atom stereocenters. The highest BCUT2D eigenvalue weighted by molar-refractivity contribution is 8.14. The van der Waals surface area contributed by atoms with Crippen LogP contribution in [-0.4, -0.2) is 46.0 Å². The normalized spacial score (nSPS) is 14.8. The lowest BCUT2D eigenvalue weighted by atomic mass is 9.91. The molecule has 10 heteroatoms. The summed E-state index contributed by atoms with van der Waals surface area (Å²) in [6.07, 6.45) is 2.69. The second-order valence-corrected chi connectivity index (χ2v) is 13.2. The van der Waals surface area contributed by atoms with E-state index in [0.717, 1.165) is 39.4 Å². The van der Waals surface area contributed by atoms with E-state index in [1.165, 1.54) is 10.5 Å². The van der Waals surface area contributed by atoms with Gasteiger partial charge in [0.1, 0.15) is 6.07 Å². The zero-order valence-electron chi connectivity index (χ0n) is 21.6. The van der Waals surface area contributed by atoms with E-state index < -0.39 is 0 Å². The van der Waals surface area contributed by atoms with Gasteiger partial charge in [-0.3, -0.25) is 9.89 Å². The number of nitrogens with one attached hydrogen (secondary N) is 1. The summed E-state index contributed by atoms with van der Waals surface area (Å²) in [6, 6.07) is 22.4. The zero-order valence-corrected chi connectivity index (χ0v) is 26.4. The van der Waals surface area contributed by atoms with Crippen molar-refractivity contribution in [1.82, 2.24) is 4.90 Å². The fraction of sp³-hybridized carbons (Fsp3) is 0.276. The summed E-state index contributed by atoms with van der Waals surface area (Å²) in [7, 11) is 0. The molecule has 1 aliphatic heterocycles. The molecule has 0 saturated carbocycles. The van der Waals surface area contributed by atoms with E-state index in [9.17, 15) is 5.26 Å². The molecule has 4 nitrogen and oxygen atoms in total. The molecule has 0 aliphatic carbocycles. The molecule has 39 heavy (non-hydrogen) atoms. The quantitative estimate of drug-likeness (QED) is 0.187. The summed E-state index contributed by atoms with van der Waals surface area (Å²) in [5, 5.41) is 15.6. The summed E-state index contributed by atoms with van der Waals surface area (Å²) in [4.78, 5) is 9.31. The van der Waals surface area contributed by atoms with Crippen molar-refractivity contribution < 1.29 is 0 Å². The fourth-order valence-electron chi connectivity index (χ4n) is 4.23. The largest absolute Gasteiger partial charge is 0.332 e. The Kier molecular flexibility index (Phi) is 11.3. The average Bonchev–Trinajstić information content (AvgIpc) is 3.41. The maximum absolute atomic E-state index is 9.51. The van der Waals surface area contributed by atoms with Crippen LogP contribution in [0.5, 0.6) is 0 Å². The molecule has 4 rings (SSSR count). The molecular weight excluding hydrogens is 604 g/mol. The molecule has 1 heterocycles. The van der Waals surface area contributed by atoms with Crippen LogP contribution in [0.15, 0.2) is 75.4 Å². The Bertz CT molecular complexity index is 1390. The predicted octanol–water partition coefficient (Wildman–Crippen LogP) is 8.83. The Hall–Kier alpha value is -1.86. The molecule has 0 bridgehead atoms. The number of thiocarbonyl (C=S) groups is 1. The van der Waals surface area contributed by atoms with Crippen molar-refractivity contribution in [2.24, 2.45) is 4.99 Å². The van der Waals surface area contributed by atoms with Crippen molar-refractivity contribution in [3.05, 3.63) is 87.4 Å². The lowest BCUT2D eigenvalue weighted by Crippen LogP contribution is -2.35. The molecule has 1 aliphatic rings. The first-order chi connectivity index (χ1) is 18.9. The molecule has 0 radical (unpaired) electrons. The van der Waals surface area contributed by atoms with Crippen molar-refractivity contribution in [2.75, 3.05) is 36.2 Å². The van der Waals surface area contributed by atoms with E-state index in [-0.39, 0.29) is 5.92 Å². The van der Waals surface area contributed by atoms with Gasteiger partial charge in [-0.15, -0.1) is 23.5 Å². The molecule has 202 valence electrons. The van der Waals surface area contributed by atoms with E-state index in [1.807, 2.05) is 48.3 Å². The van der Waals surface area contributed by atoms with Crippen LogP contribution >= 0.6 is 70.7 Å². The molecule has 1 fully saturated rings. The minimum Gasteiger partial charge on any atom is -0.332 e. The first-order valence-corrected chi connectivity index (χ1v) is 16.8. The molecular formula is C29H28Cl2N4S4. The molecule has 1 N–H and O–H groups in total. The van der Waals surface area contributed by atoms with Gasteiger partial charge in [-0.25, -0.2) is 0 Å². The number of nitrogens with zero attached hydrogens (tertiary/aromatic N) is 3. The van der Waals surface area contributed by atoms with Crippen LogP contribution in [-0.2, 0) is 6.42 Å². The van der Waals surface area contributed by atoms with Gasteiger partial charge in [0.25, 0.3) is 0 Å². The number of benzene rings is 3. The summed E-state index contributed by atoms with van der Waals surface area (Å²) < 4.78 is 0. The highest BCUT2D eigenvalue weighted by Crippen LogP contribution is 2.33. The van der Waals surface area contributed by atoms with Crippen molar-refractivity contribution >= 4 is 86.7 Å². The zero-order chi connectivity index (χ0) is 27.8. The van der Waals surface area contributed by atoms with Crippen molar-refractivity contribution in [3.63, 3.8) is 0 Å². The van der Waals surface area contributed by atoms with Gasteiger partial charge in [-0.2, -0.15) is 5.26 Å². The first-order valence-electron chi connectivity index (χ1n) is 12.4. The number of aliphatic imine (C=N–C) groups is 1. The summed E-state index contributed by atoms with van der Waals surface area (Å²) in [5.41, 5.74) is 3.69. The lowest BCUT2D eigenvalue weighted by Gasteiger charge is -2.22. The van der Waals surface area contributed by atoms with Crippen LogP contribution in [0.25, 0.3) is 0 Å². The van der Waals surface area contributed by atoms with Gasteiger partial charge in [0.15, 0.2) is 10.3 Å². The summed E-state index contributed by atoms with van der Waals surface area (Å²) in [6.45, 7) is 3.54. The maximum Gasteiger partial charge on any atom is 0.179 e. The Morgan fingerprint density at radius 2 is 2.00 bits per heavy atom. The lowest BCUT2D eigenvalue weighted by molar-refractivity contribution is 0.659. The Balaban J connectivity index is 1.58. The highest BCUT2D eigenvalue weighted by atomic mass is 35.5. The van der Waals surface area contributed by atoms with Gasteiger partial charge < -0.3 is 5.32 Å².